The molecule has 0 saturated carbocycles. The molecule has 1 atom stereocenters. The van der Waals surface area contributed by atoms with Crippen LogP contribution in [-0.4, -0.2) is 53.7 Å². The molecule has 26 heavy (non-hydrogen) atoms. The highest BCUT2D eigenvalue weighted by Gasteiger charge is 2.41. The lowest BCUT2D eigenvalue weighted by atomic mass is 9.75. The van der Waals surface area contributed by atoms with Crippen LogP contribution in [0.1, 0.15) is 18.4 Å². The summed E-state index contributed by atoms with van der Waals surface area (Å²) >= 11 is 0. The molecule has 6 nitrogen and oxygen atoms in total. The predicted molar refractivity (Wildman–Crippen MR) is 91.4 cm³/mol. The average Bonchev–Trinajstić information content (AvgIpc) is 3.11. The highest BCUT2D eigenvalue weighted by Crippen LogP contribution is 2.35. The summed E-state index contributed by atoms with van der Waals surface area (Å²) in [5.74, 6) is 0. The molecule has 1 saturated heterocycles. The molecule has 1 aliphatic heterocycles. The molecule has 2 aromatic rings. The van der Waals surface area contributed by atoms with Crippen LogP contribution in [0, 0.1) is 0 Å². The van der Waals surface area contributed by atoms with Crippen molar-refractivity contribution in [2.75, 3.05) is 19.7 Å². The Labute approximate surface area is 151 Å². The summed E-state index contributed by atoms with van der Waals surface area (Å²) < 4.78 is 53.0. The van der Waals surface area contributed by atoms with Crippen molar-refractivity contribution in [2.24, 2.45) is 0 Å². The molecular formula is C17H21F2N3O3S. The second kappa shape index (κ2) is 7.42. The van der Waals surface area contributed by atoms with Gasteiger partial charge in [0.25, 0.3) is 6.43 Å². The van der Waals surface area contributed by atoms with Crippen molar-refractivity contribution in [2.45, 2.75) is 36.1 Å². The number of aliphatic hydroxyl groups is 1. The fraction of sp³-hybridized carbons (Fsp3) is 0.471. The number of aliphatic hydroxyl groups excluding tert-OH is 1. The molecule has 0 spiro atoms. The second-order valence-corrected chi connectivity index (χ2v) is 8.47. The zero-order valence-electron chi connectivity index (χ0n) is 14.1. The molecule has 1 aromatic carbocycles. The molecule has 0 aliphatic carbocycles. The number of rotatable bonds is 6. The SMILES string of the molecule is O=S(=O)(c1cnn(CC(F)F)c1)N1CCCC(CO)(c2ccccc2)C1. The quantitative estimate of drug-likeness (QED) is 0.824. The van der Waals surface area contributed by atoms with Gasteiger partial charge in [0, 0.05) is 24.7 Å². The summed E-state index contributed by atoms with van der Waals surface area (Å²) in [6.07, 6.45) is 0.874. The monoisotopic (exact) mass is 385 g/mol. The van der Waals surface area contributed by atoms with Gasteiger partial charge in [0.05, 0.1) is 12.8 Å². The third-order valence-electron chi connectivity index (χ3n) is 4.80. The fourth-order valence-corrected chi connectivity index (χ4v) is 4.93. The van der Waals surface area contributed by atoms with Gasteiger partial charge >= 0.3 is 0 Å². The van der Waals surface area contributed by atoms with Gasteiger partial charge in [-0.2, -0.15) is 9.40 Å². The molecular weight excluding hydrogens is 364 g/mol. The smallest absolute Gasteiger partial charge is 0.257 e. The van der Waals surface area contributed by atoms with Crippen LogP contribution < -0.4 is 0 Å². The number of aromatic nitrogens is 2. The van der Waals surface area contributed by atoms with Crippen LogP contribution >= 0.6 is 0 Å². The number of piperidine rings is 1. The van der Waals surface area contributed by atoms with Crippen molar-refractivity contribution in [3.63, 3.8) is 0 Å². The van der Waals surface area contributed by atoms with E-state index >= 15 is 0 Å². The molecule has 142 valence electrons. The summed E-state index contributed by atoms with van der Waals surface area (Å²) in [6, 6.07) is 9.34. The first-order chi connectivity index (χ1) is 12.4. The van der Waals surface area contributed by atoms with Gasteiger partial charge in [-0.25, -0.2) is 17.2 Å². The van der Waals surface area contributed by atoms with Gasteiger partial charge in [-0.1, -0.05) is 30.3 Å². The number of hydrogen-bond acceptors (Lipinski definition) is 4. The molecule has 1 unspecified atom stereocenters. The number of alkyl halides is 2. The van der Waals surface area contributed by atoms with E-state index in [0.29, 0.717) is 19.4 Å². The average molecular weight is 385 g/mol. The summed E-state index contributed by atoms with van der Waals surface area (Å²) in [4.78, 5) is -0.111. The molecule has 1 aromatic heterocycles. The summed E-state index contributed by atoms with van der Waals surface area (Å²) in [7, 11) is -3.87. The zero-order valence-corrected chi connectivity index (χ0v) is 14.9. The van der Waals surface area contributed by atoms with Crippen molar-refractivity contribution >= 4 is 10.0 Å². The number of hydrogen-bond donors (Lipinski definition) is 1. The van der Waals surface area contributed by atoms with Gasteiger partial charge < -0.3 is 5.11 Å². The number of sulfonamides is 1. The van der Waals surface area contributed by atoms with Gasteiger partial charge in [-0.05, 0) is 18.4 Å². The van der Waals surface area contributed by atoms with Gasteiger partial charge in [0.2, 0.25) is 10.0 Å². The molecule has 1 aliphatic rings. The van der Waals surface area contributed by atoms with E-state index in [1.54, 1.807) is 0 Å². The maximum Gasteiger partial charge on any atom is 0.257 e. The van der Waals surface area contributed by atoms with Gasteiger partial charge in [0.1, 0.15) is 11.4 Å². The molecule has 0 radical (unpaired) electrons. The molecule has 0 bridgehead atoms. The minimum absolute atomic E-state index is 0.111. The Kier molecular flexibility index (Phi) is 5.40. The lowest BCUT2D eigenvalue weighted by Crippen LogP contribution is -2.50. The van der Waals surface area contributed by atoms with E-state index in [1.165, 1.54) is 4.31 Å². The van der Waals surface area contributed by atoms with Crippen LogP contribution in [0.15, 0.2) is 47.6 Å². The third kappa shape index (κ3) is 3.65. The van der Waals surface area contributed by atoms with Crippen molar-refractivity contribution in [3.05, 3.63) is 48.3 Å². The Balaban J connectivity index is 1.87. The van der Waals surface area contributed by atoms with E-state index in [9.17, 15) is 22.3 Å². The number of benzene rings is 1. The van der Waals surface area contributed by atoms with Gasteiger partial charge in [-0.15, -0.1) is 0 Å². The minimum atomic E-state index is -3.87. The Morgan fingerprint density at radius 1 is 1.27 bits per heavy atom. The van der Waals surface area contributed by atoms with E-state index in [4.69, 9.17) is 0 Å². The van der Waals surface area contributed by atoms with Crippen LogP contribution in [0.2, 0.25) is 0 Å². The second-order valence-electron chi connectivity index (χ2n) is 6.54. The summed E-state index contributed by atoms with van der Waals surface area (Å²) in [6.45, 7) is -0.374. The first kappa shape index (κ1) is 18.9. The van der Waals surface area contributed by atoms with Gasteiger partial charge in [0.15, 0.2) is 0 Å². The maximum atomic E-state index is 12.9. The summed E-state index contributed by atoms with van der Waals surface area (Å²) in [5.41, 5.74) is 0.210. The zero-order chi connectivity index (χ0) is 18.8. The van der Waals surface area contributed by atoms with Crippen LogP contribution in [0.3, 0.4) is 0 Å². The van der Waals surface area contributed by atoms with Crippen LogP contribution in [-0.2, 0) is 22.0 Å². The topological polar surface area (TPSA) is 75.4 Å². The Bertz CT molecular complexity index is 842. The predicted octanol–water partition coefficient (Wildman–Crippen LogP) is 1.86. The number of nitrogens with zero attached hydrogens (tertiary/aromatic N) is 3. The largest absolute Gasteiger partial charge is 0.395 e. The van der Waals surface area contributed by atoms with E-state index < -0.39 is 28.4 Å². The molecule has 9 heteroatoms. The van der Waals surface area contributed by atoms with Crippen molar-refractivity contribution in [1.29, 1.82) is 0 Å². The first-order valence-corrected chi connectivity index (χ1v) is 9.78. The minimum Gasteiger partial charge on any atom is -0.395 e. The molecule has 2 heterocycles. The lowest BCUT2D eigenvalue weighted by Gasteiger charge is -2.41. The molecule has 1 fully saturated rings. The highest BCUT2D eigenvalue weighted by molar-refractivity contribution is 7.89. The number of halogens is 2. The molecule has 3 rings (SSSR count). The standard InChI is InChI=1S/C17H21F2N3O3S/c18-16(19)11-21-10-15(9-20-21)26(24,25)22-8-4-7-17(12-22,13-23)14-5-2-1-3-6-14/h1-3,5-6,9-10,16,23H,4,7-8,11-13H2. The van der Waals surface area contributed by atoms with E-state index in [1.807, 2.05) is 30.3 Å². The first-order valence-electron chi connectivity index (χ1n) is 8.34. The normalized spacial score (nSPS) is 22.0. The van der Waals surface area contributed by atoms with Crippen molar-refractivity contribution in [1.82, 2.24) is 14.1 Å². The van der Waals surface area contributed by atoms with Crippen LogP contribution in [0.4, 0.5) is 8.78 Å². The third-order valence-corrected chi connectivity index (χ3v) is 6.60. The Morgan fingerprint density at radius 3 is 2.65 bits per heavy atom. The van der Waals surface area contributed by atoms with Gasteiger partial charge in [-0.3, -0.25) is 4.68 Å². The van der Waals surface area contributed by atoms with E-state index in [2.05, 4.69) is 5.10 Å². The fourth-order valence-electron chi connectivity index (χ4n) is 3.41. The molecule has 1 N–H and O–H groups in total. The van der Waals surface area contributed by atoms with E-state index in [0.717, 1.165) is 22.6 Å². The van der Waals surface area contributed by atoms with Crippen LogP contribution in [0.25, 0.3) is 0 Å². The van der Waals surface area contributed by atoms with Crippen molar-refractivity contribution < 1.29 is 22.3 Å². The van der Waals surface area contributed by atoms with E-state index in [-0.39, 0.29) is 18.0 Å². The maximum absolute atomic E-state index is 12.9. The Morgan fingerprint density at radius 2 is 2.00 bits per heavy atom. The van der Waals surface area contributed by atoms with Crippen molar-refractivity contribution in [3.8, 4) is 0 Å². The lowest BCUT2D eigenvalue weighted by molar-refractivity contribution is 0.121. The summed E-state index contributed by atoms with van der Waals surface area (Å²) in [5, 5.41) is 13.7. The molecule has 0 amide bonds. The Hall–Kier alpha value is -1.84. The van der Waals surface area contributed by atoms with Crippen LogP contribution in [0.5, 0.6) is 0 Å². The highest BCUT2D eigenvalue weighted by atomic mass is 32.2.